The number of benzene rings is 1. The van der Waals surface area contributed by atoms with Crippen molar-refractivity contribution in [3.8, 4) is 0 Å². The molecule has 4 heteroatoms. The zero-order valence-corrected chi connectivity index (χ0v) is 9.57. The quantitative estimate of drug-likeness (QED) is 0.823. The Labute approximate surface area is 94.3 Å². The van der Waals surface area contributed by atoms with Crippen LogP contribution in [-0.4, -0.2) is 17.0 Å². The Kier molecular flexibility index (Phi) is 3.66. The van der Waals surface area contributed by atoms with E-state index in [1.165, 1.54) is 13.0 Å². The molecule has 0 saturated heterocycles. The fraction of sp³-hybridized carbons (Fsp3) is 0.333. The molecule has 0 spiro atoms. The Balaban J connectivity index is 3.20. The molecule has 1 aromatic rings. The number of carboxylic acid groups (broad SMARTS) is 1. The monoisotopic (exact) mass is 221 g/mol. The van der Waals surface area contributed by atoms with E-state index in [4.69, 9.17) is 5.11 Å². The van der Waals surface area contributed by atoms with Crippen LogP contribution in [0.5, 0.6) is 0 Å². The number of aromatic carboxylic acids is 1. The van der Waals surface area contributed by atoms with Gasteiger partial charge in [-0.2, -0.15) is 0 Å². The maximum atomic E-state index is 11.0. The minimum Gasteiger partial charge on any atom is -0.478 e. The van der Waals surface area contributed by atoms with Crippen LogP contribution in [0.2, 0.25) is 0 Å². The summed E-state index contributed by atoms with van der Waals surface area (Å²) in [6.07, 6.45) is 0. The fourth-order valence-electron chi connectivity index (χ4n) is 1.49. The molecule has 0 aromatic heterocycles. The molecule has 4 nitrogen and oxygen atoms in total. The maximum absolute atomic E-state index is 11.0. The lowest BCUT2D eigenvalue weighted by Crippen LogP contribution is -2.10. The van der Waals surface area contributed by atoms with E-state index in [0.29, 0.717) is 5.69 Å². The van der Waals surface area contributed by atoms with Gasteiger partial charge in [0.15, 0.2) is 0 Å². The van der Waals surface area contributed by atoms with Crippen molar-refractivity contribution in [1.29, 1.82) is 0 Å². The smallest absolute Gasteiger partial charge is 0.335 e. The van der Waals surface area contributed by atoms with Gasteiger partial charge in [0.25, 0.3) is 0 Å². The first-order valence-electron chi connectivity index (χ1n) is 5.06. The Morgan fingerprint density at radius 3 is 2.38 bits per heavy atom. The van der Waals surface area contributed by atoms with E-state index in [0.717, 1.165) is 5.56 Å². The summed E-state index contributed by atoms with van der Waals surface area (Å²) >= 11 is 0. The summed E-state index contributed by atoms with van der Waals surface area (Å²) in [7, 11) is 0. The van der Waals surface area contributed by atoms with Crippen molar-refractivity contribution >= 4 is 17.6 Å². The van der Waals surface area contributed by atoms with Gasteiger partial charge < -0.3 is 10.4 Å². The molecule has 0 aliphatic rings. The molecule has 0 heterocycles. The second-order valence-corrected chi connectivity index (χ2v) is 3.94. The molecule has 1 rings (SSSR count). The third kappa shape index (κ3) is 2.82. The zero-order valence-electron chi connectivity index (χ0n) is 9.57. The second-order valence-electron chi connectivity index (χ2n) is 3.94. The van der Waals surface area contributed by atoms with Crippen LogP contribution < -0.4 is 5.32 Å². The minimum atomic E-state index is -0.998. The highest BCUT2D eigenvalue weighted by atomic mass is 16.4. The third-order valence-electron chi connectivity index (χ3n) is 2.23. The Hall–Kier alpha value is -1.84. The van der Waals surface area contributed by atoms with Crippen LogP contribution in [0.3, 0.4) is 0 Å². The summed E-state index contributed by atoms with van der Waals surface area (Å²) in [4.78, 5) is 21.8. The number of hydrogen-bond donors (Lipinski definition) is 2. The summed E-state index contributed by atoms with van der Waals surface area (Å²) in [6, 6.07) is 4.77. The van der Waals surface area contributed by atoms with Gasteiger partial charge in [-0.15, -0.1) is 0 Å². The normalized spacial score (nSPS) is 10.2. The molecular formula is C12H15NO3. The van der Waals surface area contributed by atoms with Crippen molar-refractivity contribution in [1.82, 2.24) is 0 Å². The first kappa shape index (κ1) is 12.2. The Morgan fingerprint density at radius 2 is 1.94 bits per heavy atom. The summed E-state index contributed by atoms with van der Waals surface area (Å²) in [6.45, 7) is 5.37. The summed E-state index contributed by atoms with van der Waals surface area (Å²) in [5, 5.41) is 11.5. The van der Waals surface area contributed by atoms with Crippen molar-refractivity contribution in [3.63, 3.8) is 0 Å². The summed E-state index contributed by atoms with van der Waals surface area (Å²) < 4.78 is 0. The lowest BCUT2D eigenvalue weighted by molar-refractivity contribution is -0.114. The van der Waals surface area contributed by atoms with Gasteiger partial charge in [0.05, 0.1) is 5.56 Å². The first-order chi connectivity index (χ1) is 7.41. The molecular weight excluding hydrogens is 206 g/mol. The molecule has 0 aliphatic carbocycles. The number of carboxylic acids is 1. The van der Waals surface area contributed by atoms with Gasteiger partial charge in [0.1, 0.15) is 0 Å². The van der Waals surface area contributed by atoms with Crippen molar-refractivity contribution in [2.75, 3.05) is 5.32 Å². The Morgan fingerprint density at radius 1 is 1.31 bits per heavy atom. The van der Waals surface area contributed by atoms with Crippen LogP contribution in [0.25, 0.3) is 0 Å². The molecule has 16 heavy (non-hydrogen) atoms. The number of rotatable bonds is 3. The number of hydrogen-bond acceptors (Lipinski definition) is 2. The van der Waals surface area contributed by atoms with Gasteiger partial charge in [-0.05, 0) is 23.6 Å². The van der Waals surface area contributed by atoms with E-state index >= 15 is 0 Å². The van der Waals surface area contributed by atoms with E-state index in [1.54, 1.807) is 12.1 Å². The average Bonchev–Trinajstić information content (AvgIpc) is 2.15. The van der Waals surface area contributed by atoms with E-state index in [1.807, 2.05) is 13.8 Å². The largest absolute Gasteiger partial charge is 0.478 e. The van der Waals surface area contributed by atoms with Crippen molar-refractivity contribution in [2.45, 2.75) is 26.7 Å². The lowest BCUT2D eigenvalue weighted by Gasteiger charge is -2.13. The maximum Gasteiger partial charge on any atom is 0.335 e. The number of carbonyl (C=O) groups is 2. The van der Waals surface area contributed by atoms with E-state index < -0.39 is 5.97 Å². The van der Waals surface area contributed by atoms with Gasteiger partial charge in [0, 0.05) is 12.6 Å². The zero-order chi connectivity index (χ0) is 12.3. The molecule has 0 atom stereocenters. The third-order valence-corrected chi connectivity index (χ3v) is 2.23. The molecule has 86 valence electrons. The fourth-order valence-corrected chi connectivity index (χ4v) is 1.49. The molecule has 0 unspecified atom stereocenters. The van der Waals surface area contributed by atoms with Gasteiger partial charge >= 0.3 is 5.97 Å². The molecule has 0 aliphatic heterocycles. The second kappa shape index (κ2) is 4.79. The molecule has 0 bridgehead atoms. The van der Waals surface area contributed by atoms with Crippen LogP contribution in [0.15, 0.2) is 18.2 Å². The van der Waals surface area contributed by atoms with Crippen LogP contribution in [0, 0.1) is 0 Å². The van der Waals surface area contributed by atoms with Crippen LogP contribution in [0.1, 0.15) is 42.6 Å². The number of amides is 1. The lowest BCUT2D eigenvalue weighted by atomic mass is 9.99. The molecule has 1 aromatic carbocycles. The van der Waals surface area contributed by atoms with Crippen molar-refractivity contribution in [2.24, 2.45) is 0 Å². The van der Waals surface area contributed by atoms with Gasteiger partial charge in [-0.3, -0.25) is 4.79 Å². The van der Waals surface area contributed by atoms with Crippen LogP contribution in [-0.2, 0) is 4.79 Å². The van der Waals surface area contributed by atoms with Gasteiger partial charge in [-0.25, -0.2) is 4.79 Å². The van der Waals surface area contributed by atoms with E-state index in [9.17, 15) is 9.59 Å². The standard InChI is InChI=1S/C12H15NO3/c1-7(2)10-5-4-9(12(15)16)6-11(10)13-8(3)14/h4-7H,1-3H3,(H,13,14)(H,15,16). The SMILES string of the molecule is CC(=O)Nc1cc(C(=O)O)ccc1C(C)C. The molecule has 0 fully saturated rings. The van der Waals surface area contributed by atoms with E-state index in [-0.39, 0.29) is 17.4 Å². The van der Waals surface area contributed by atoms with Gasteiger partial charge in [-0.1, -0.05) is 19.9 Å². The van der Waals surface area contributed by atoms with Crippen LogP contribution in [0.4, 0.5) is 5.69 Å². The highest BCUT2D eigenvalue weighted by Crippen LogP contribution is 2.25. The predicted octanol–water partition coefficient (Wildman–Crippen LogP) is 2.47. The number of nitrogens with one attached hydrogen (secondary N) is 1. The number of carbonyl (C=O) groups excluding carboxylic acids is 1. The van der Waals surface area contributed by atoms with Crippen molar-refractivity contribution in [3.05, 3.63) is 29.3 Å². The number of anilines is 1. The minimum absolute atomic E-state index is 0.174. The molecule has 0 saturated carbocycles. The topological polar surface area (TPSA) is 66.4 Å². The van der Waals surface area contributed by atoms with E-state index in [2.05, 4.69) is 5.32 Å². The molecule has 0 radical (unpaired) electrons. The average molecular weight is 221 g/mol. The Bertz CT molecular complexity index is 424. The van der Waals surface area contributed by atoms with Crippen LogP contribution >= 0.6 is 0 Å². The van der Waals surface area contributed by atoms with Gasteiger partial charge in [0.2, 0.25) is 5.91 Å². The van der Waals surface area contributed by atoms with Crippen molar-refractivity contribution < 1.29 is 14.7 Å². The molecule has 1 amide bonds. The summed E-state index contributed by atoms with van der Waals surface area (Å²) in [5.74, 6) is -0.976. The first-order valence-corrected chi connectivity index (χ1v) is 5.06. The highest BCUT2D eigenvalue weighted by molar-refractivity contribution is 5.93. The molecule has 2 N–H and O–H groups in total. The highest BCUT2D eigenvalue weighted by Gasteiger charge is 2.11. The predicted molar refractivity (Wildman–Crippen MR) is 61.8 cm³/mol. The summed E-state index contributed by atoms with van der Waals surface area (Å²) in [5.41, 5.74) is 1.68.